The third-order valence-corrected chi connectivity index (χ3v) is 6.38. The van der Waals surface area contributed by atoms with E-state index < -0.39 is 0 Å². The van der Waals surface area contributed by atoms with Crippen molar-refractivity contribution in [3.05, 3.63) is 69.2 Å². The minimum absolute atomic E-state index is 0. The van der Waals surface area contributed by atoms with E-state index in [2.05, 4.69) is 81.7 Å². The van der Waals surface area contributed by atoms with Gasteiger partial charge in [-0.05, 0) is 58.2 Å². The molecule has 2 nitrogen and oxygen atoms in total. The van der Waals surface area contributed by atoms with Crippen LogP contribution in [0.3, 0.4) is 0 Å². The van der Waals surface area contributed by atoms with E-state index in [1.54, 1.807) is 0 Å². The molecule has 0 N–H and O–H groups in total. The molecular weight excluding hydrogens is 304 g/mol. The van der Waals surface area contributed by atoms with Crippen LogP contribution in [0.4, 0.5) is 0 Å². The van der Waals surface area contributed by atoms with Gasteiger partial charge in [0.1, 0.15) is 16.9 Å². The predicted molar refractivity (Wildman–Crippen MR) is 106 cm³/mol. The molecule has 0 atom stereocenters. The molecule has 0 radical (unpaired) electrons. The van der Waals surface area contributed by atoms with E-state index in [1.807, 2.05) is 0 Å². The molecule has 0 fully saturated rings. The Labute approximate surface area is 152 Å². The number of hydrogen-bond acceptors (Lipinski definition) is 0. The summed E-state index contributed by atoms with van der Waals surface area (Å²) in [4.78, 5) is 0. The van der Waals surface area contributed by atoms with E-state index in [1.165, 1.54) is 50.5 Å². The zero-order chi connectivity index (χ0) is 17.4. The zero-order valence-corrected chi connectivity index (χ0v) is 15.9. The number of imidazole rings is 1. The van der Waals surface area contributed by atoms with Gasteiger partial charge in [-0.15, -0.1) is 0 Å². The molecular formula is C23H31N2+. The average Bonchev–Trinajstić information content (AvgIpc) is 2.85. The molecule has 2 aromatic heterocycles. The molecule has 0 aliphatic carbocycles. The van der Waals surface area contributed by atoms with Gasteiger partial charge in [-0.2, -0.15) is 4.40 Å². The fourth-order valence-electron chi connectivity index (χ4n) is 4.69. The van der Waals surface area contributed by atoms with Crippen LogP contribution >= 0.6 is 0 Å². The van der Waals surface area contributed by atoms with Crippen LogP contribution in [0.1, 0.15) is 66.2 Å². The predicted octanol–water partition coefficient (Wildman–Crippen LogP) is 5.09. The molecule has 25 heavy (non-hydrogen) atoms. The summed E-state index contributed by atoms with van der Waals surface area (Å²) in [6.45, 7) is 16.0. The van der Waals surface area contributed by atoms with Crippen molar-refractivity contribution in [1.82, 2.24) is 4.40 Å². The lowest BCUT2D eigenvalue weighted by atomic mass is 9.84. The van der Waals surface area contributed by atoms with Gasteiger partial charge >= 0.3 is 0 Å². The van der Waals surface area contributed by atoms with Crippen LogP contribution in [0.5, 0.6) is 0 Å². The van der Waals surface area contributed by atoms with Gasteiger partial charge in [-0.3, -0.25) is 0 Å². The standard InChI is InChI=1S/C22H27N2.CH4/c1-13-14(2)16(4)23-17(5)20-12-18-10-8-9-11-19(18)22(6,7)24(20)21(23)15(13)3;/h8-11H,12H2,1-7H3;1H4/q+1;. The molecule has 1 aliphatic rings. The zero-order valence-electron chi connectivity index (χ0n) is 15.9. The number of pyridine rings is 1. The van der Waals surface area contributed by atoms with Crippen LogP contribution in [0.15, 0.2) is 24.3 Å². The third-order valence-electron chi connectivity index (χ3n) is 6.38. The van der Waals surface area contributed by atoms with Gasteiger partial charge in [0, 0.05) is 24.5 Å². The Balaban J connectivity index is 0.00000182. The Kier molecular flexibility index (Phi) is 3.87. The lowest BCUT2D eigenvalue weighted by molar-refractivity contribution is -0.732. The summed E-state index contributed by atoms with van der Waals surface area (Å²) in [5.74, 6) is 0. The summed E-state index contributed by atoms with van der Waals surface area (Å²) < 4.78 is 5.08. The highest BCUT2D eigenvalue weighted by atomic mass is 15.2. The molecule has 2 heteroatoms. The monoisotopic (exact) mass is 335 g/mol. The molecule has 1 aliphatic heterocycles. The maximum atomic E-state index is 2.60. The van der Waals surface area contributed by atoms with Crippen molar-refractivity contribution in [3.63, 3.8) is 0 Å². The van der Waals surface area contributed by atoms with Crippen LogP contribution in [0.2, 0.25) is 0 Å². The molecule has 0 bridgehead atoms. The van der Waals surface area contributed by atoms with Crippen molar-refractivity contribution >= 4 is 5.65 Å². The second-order valence-electron chi connectivity index (χ2n) is 7.88. The van der Waals surface area contributed by atoms with Crippen LogP contribution in [-0.2, 0) is 12.0 Å². The van der Waals surface area contributed by atoms with Gasteiger partial charge in [-0.25, -0.2) is 4.57 Å². The average molecular weight is 336 g/mol. The Hall–Kier alpha value is -2.09. The lowest BCUT2D eigenvalue weighted by Gasteiger charge is -2.31. The number of benzene rings is 1. The first-order chi connectivity index (χ1) is 11.3. The van der Waals surface area contributed by atoms with E-state index in [-0.39, 0.29) is 13.0 Å². The Morgan fingerprint density at radius 1 is 0.880 bits per heavy atom. The topological polar surface area (TPSA) is 8.29 Å². The molecule has 3 heterocycles. The molecule has 0 saturated carbocycles. The first kappa shape index (κ1) is 17.7. The minimum atomic E-state index is -0.0391. The van der Waals surface area contributed by atoms with Crippen LogP contribution in [-0.4, -0.2) is 4.40 Å². The summed E-state index contributed by atoms with van der Waals surface area (Å²) in [5, 5.41) is 0. The quantitative estimate of drug-likeness (QED) is 0.506. The number of aromatic nitrogens is 2. The highest BCUT2D eigenvalue weighted by molar-refractivity contribution is 5.55. The van der Waals surface area contributed by atoms with Gasteiger partial charge in [-0.1, -0.05) is 31.7 Å². The first-order valence-electron chi connectivity index (χ1n) is 8.88. The molecule has 0 saturated heterocycles. The van der Waals surface area contributed by atoms with Crippen LogP contribution < -0.4 is 4.57 Å². The summed E-state index contributed by atoms with van der Waals surface area (Å²) in [6, 6.07) is 8.93. The largest absolute Gasteiger partial charge is 0.290 e. The number of hydrogen-bond donors (Lipinski definition) is 0. The van der Waals surface area contributed by atoms with E-state index in [0.29, 0.717) is 0 Å². The summed E-state index contributed by atoms with van der Waals surface area (Å²) in [5.41, 5.74) is 12.7. The highest BCUT2D eigenvalue weighted by Gasteiger charge is 2.42. The van der Waals surface area contributed by atoms with Gasteiger partial charge in [0.2, 0.25) is 0 Å². The van der Waals surface area contributed by atoms with E-state index in [4.69, 9.17) is 0 Å². The molecule has 0 amide bonds. The number of rotatable bonds is 0. The maximum absolute atomic E-state index is 2.60. The second-order valence-corrected chi connectivity index (χ2v) is 7.88. The minimum Gasteiger partial charge on any atom is -0.217 e. The fraction of sp³-hybridized carbons (Fsp3) is 0.435. The highest BCUT2D eigenvalue weighted by Crippen LogP contribution is 2.35. The molecule has 4 rings (SSSR count). The Morgan fingerprint density at radius 3 is 2.20 bits per heavy atom. The van der Waals surface area contributed by atoms with E-state index in [0.717, 1.165) is 6.42 Å². The fourth-order valence-corrected chi connectivity index (χ4v) is 4.69. The Morgan fingerprint density at radius 2 is 1.52 bits per heavy atom. The van der Waals surface area contributed by atoms with Gasteiger partial charge in [0.15, 0.2) is 5.69 Å². The summed E-state index contributed by atoms with van der Waals surface area (Å²) in [7, 11) is 0. The smallest absolute Gasteiger partial charge is 0.217 e. The Bertz CT molecular complexity index is 1000. The van der Waals surface area contributed by atoms with Gasteiger partial charge in [0.25, 0.3) is 5.65 Å². The molecule has 0 unspecified atom stereocenters. The second kappa shape index (κ2) is 5.45. The molecule has 0 spiro atoms. The molecule has 3 aromatic rings. The number of fused-ring (bicyclic) bond motifs is 4. The van der Waals surface area contributed by atoms with E-state index in [9.17, 15) is 0 Å². The lowest BCUT2D eigenvalue weighted by Crippen LogP contribution is -2.58. The van der Waals surface area contributed by atoms with Crippen LogP contribution in [0.25, 0.3) is 5.65 Å². The summed E-state index contributed by atoms with van der Waals surface area (Å²) >= 11 is 0. The SMILES string of the molecule is C.Cc1c(C)c(C)n2c(C)c3[n+](c2c1C)C(C)(C)c1ccccc1C3. The maximum Gasteiger partial charge on any atom is 0.290 e. The van der Waals surface area contributed by atoms with E-state index >= 15 is 0 Å². The van der Waals surface area contributed by atoms with Crippen molar-refractivity contribution in [2.45, 2.75) is 67.9 Å². The van der Waals surface area contributed by atoms with Crippen molar-refractivity contribution in [3.8, 4) is 0 Å². The van der Waals surface area contributed by atoms with Crippen molar-refractivity contribution in [1.29, 1.82) is 0 Å². The van der Waals surface area contributed by atoms with Gasteiger partial charge in [0.05, 0.1) is 0 Å². The van der Waals surface area contributed by atoms with Gasteiger partial charge < -0.3 is 0 Å². The van der Waals surface area contributed by atoms with Crippen molar-refractivity contribution in [2.24, 2.45) is 0 Å². The van der Waals surface area contributed by atoms with Crippen LogP contribution in [0, 0.1) is 34.6 Å². The van der Waals surface area contributed by atoms with Crippen molar-refractivity contribution in [2.75, 3.05) is 0 Å². The summed E-state index contributed by atoms with van der Waals surface area (Å²) in [6.07, 6.45) is 1.02. The molecule has 132 valence electrons. The molecule has 1 aromatic carbocycles. The first-order valence-corrected chi connectivity index (χ1v) is 8.88. The third kappa shape index (κ3) is 2.06. The normalized spacial score (nSPS) is 14.8. The number of nitrogens with zero attached hydrogens (tertiary/aromatic N) is 2. The number of aryl methyl sites for hydroxylation is 3. The van der Waals surface area contributed by atoms with Crippen molar-refractivity contribution < 1.29 is 4.57 Å².